The summed E-state index contributed by atoms with van der Waals surface area (Å²) in [6.45, 7) is 3.89. The van der Waals surface area contributed by atoms with Crippen molar-refractivity contribution in [2.24, 2.45) is 0 Å². The summed E-state index contributed by atoms with van der Waals surface area (Å²) in [5.41, 5.74) is 3.74. The van der Waals surface area contributed by atoms with Crippen molar-refractivity contribution >= 4 is 15.9 Å². The van der Waals surface area contributed by atoms with Crippen LogP contribution in [0.3, 0.4) is 0 Å². The lowest BCUT2D eigenvalue weighted by atomic mass is 9.95. The Labute approximate surface area is 121 Å². The molecule has 19 heavy (non-hydrogen) atoms. The molecule has 2 rings (SSSR count). The van der Waals surface area contributed by atoms with E-state index in [9.17, 15) is 9.50 Å². The highest BCUT2D eigenvalue weighted by molar-refractivity contribution is 9.10. The summed E-state index contributed by atoms with van der Waals surface area (Å²) >= 11 is 3.40. The maximum atomic E-state index is 13.2. The van der Waals surface area contributed by atoms with E-state index in [-0.39, 0.29) is 5.82 Å². The van der Waals surface area contributed by atoms with Gasteiger partial charge >= 0.3 is 0 Å². The second kappa shape index (κ2) is 5.85. The van der Waals surface area contributed by atoms with Crippen molar-refractivity contribution < 1.29 is 9.50 Å². The smallest absolute Gasteiger partial charge is 0.123 e. The van der Waals surface area contributed by atoms with Crippen LogP contribution < -0.4 is 0 Å². The van der Waals surface area contributed by atoms with Gasteiger partial charge in [-0.25, -0.2) is 4.39 Å². The zero-order chi connectivity index (χ0) is 14.0. The first-order valence-electron chi connectivity index (χ1n) is 6.16. The number of hydrogen-bond acceptors (Lipinski definition) is 1. The molecule has 0 saturated carbocycles. The monoisotopic (exact) mass is 322 g/mol. The van der Waals surface area contributed by atoms with Crippen LogP contribution in [0.5, 0.6) is 0 Å². The third-order valence-corrected chi connectivity index (χ3v) is 3.81. The molecule has 1 unspecified atom stereocenters. The Balaban J connectivity index is 2.25. The van der Waals surface area contributed by atoms with Gasteiger partial charge in [-0.2, -0.15) is 0 Å². The van der Waals surface area contributed by atoms with Gasteiger partial charge in [0.15, 0.2) is 0 Å². The first-order valence-corrected chi connectivity index (χ1v) is 6.96. The number of aliphatic hydroxyl groups is 1. The van der Waals surface area contributed by atoms with Gasteiger partial charge in [-0.15, -0.1) is 0 Å². The fourth-order valence-corrected chi connectivity index (χ4v) is 2.67. The molecule has 0 bridgehead atoms. The summed E-state index contributed by atoms with van der Waals surface area (Å²) in [5, 5.41) is 10.3. The maximum absolute atomic E-state index is 13.2. The molecule has 1 atom stereocenters. The fourth-order valence-electron chi connectivity index (χ4n) is 2.19. The van der Waals surface area contributed by atoms with Crippen LogP contribution in [0.4, 0.5) is 4.39 Å². The summed E-state index contributed by atoms with van der Waals surface area (Å²) in [7, 11) is 0. The lowest BCUT2D eigenvalue weighted by molar-refractivity contribution is 0.177. The van der Waals surface area contributed by atoms with Gasteiger partial charge in [0.05, 0.1) is 6.10 Å². The van der Waals surface area contributed by atoms with Crippen LogP contribution in [0.15, 0.2) is 40.9 Å². The van der Waals surface area contributed by atoms with E-state index in [2.05, 4.69) is 15.9 Å². The molecule has 0 fully saturated rings. The Hall–Kier alpha value is -1.19. The quantitative estimate of drug-likeness (QED) is 0.883. The van der Waals surface area contributed by atoms with Crippen molar-refractivity contribution in [3.63, 3.8) is 0 Å². The van der Waals surface area contributed by atoms with Gasteiger partial charge in [-0.1, -0.05) is 28.1 Å². The second-order valence-corrected chi connectivity index (χ2v) is 5.71. The standard InChI is InChI=1S/C16H16BrFO/c1-10-3-5-14(18)8-12(10)9-16(19)15-6-4-13(17)7-11(15)2/h3-8,16,19H,9H2,1-2H3. The van der Waals surface area contributed by atoms with Gasteiger partial charge < -0.3 is 5.11 Å². The molecule has 100 valence electrons. The Kier molecular flexibility index (Phi) is 4.38. The van der Waals surface area contributed by atoms with Crippen LogP contribution in [0.1, 0.15) is 28.4 Å². The van der Waals surface area contributed by atoms with E-state index >= 15 is 0 Å². The van der Waals surface area contributed by atoms with E-state index in [1.54, 1.807) is 6.07 Å². The predicted molar refractivity (Wildman–Crippen MR) is 78.7 cm³/mol. The maximum Gasteiger partial charge on any atom is 0.123 e. The minimum absolute atomic E-state index is 0.264. The van der Waals surface area contributed by atoms with E-state index in [4.69, 9.17) is 0 Å². The summed E-state index contributed by atoms with van der Waals surface area (Å²) in [6.07, 6.45) is -0.194. The van der Waals surface area contributed by atoms with Crippen molar-refractivity contribution in [2.75, 3.05) is 0 Å². The molecular weight excluding hydrogens is 307 g/mol. The minimum Gasteiger partial charge on any atom is -0.388 e. The summed E-state index contributed by atoms with van der Waals surface area (Å²) < 4.78 is 14.2. The van der Waals surface area contributed by atoms with Crippen LogP contribution in [0, 0.1) is 19.7 Å². The van der Waals surface area contributed by atoms with E-state index < -0.39 is 6.10 Å². The Morgan fingerprint density at radius 2 is 1.84 bits per heavy atom. The number of benzene rings is 2. The van der Waals surface area contributed by atoms with Gasteiger partial charge in [-0.05, 0) is 60.4 Å². The number of aryl methyl sites for hydroxylation is 2. The van der Waals surface area contributed by atoms with Gasteiger partial charge in [0.1, 0.15) is 5.82 Å². The molecule has 3 heteroatoms. The Morgan fingerprint density at radius 1 is 1.11 bits per heavy atom. The van der Waals surface area contributed by atoms with Crippen LogP contribution in [0.25, 0.3) is 0 Å². The van der Waals surface area contributed by atoms with Crippen LogP contribution in [0.2, 0.25) is 0 Å². The highest BCUT2D eigenvalue weighted by Crippen LogP contribution is 2.25. The lowest BCUT2D eigenvalue weighted by Crippen LogP contribution is -2.05. The largest absolute Gasteiger partial charge is 0.388 e. The summed E-state index contributed by atoms with van der Waals surface area (Å²) in [6, 6.07) is 10.5. The van der Waals surface area contributed by atoms with E-state index in [1.807, 2.05) is 32.0 Å². The minimum atomic E-state index is -0.617. The van der Waals surface area contributed by atoms with Crippen LogP contribution in [-0.2, 0) is 6.42 Å². The number of rotatable bonds is 3. The third-order valence-electron chi connectivity index (χ3n) is 3.32. The molecule has 1 nitrogen and oxygen atoms in total. The molecule has 0 aromatic heterocycles. The third kappa shape index (κ3) is 3.43. The molecule has 0 radical (unpaired) electrons. The molecule has 0 aliphatic carbocycles. The number of aliphatic hydroxyl groups excluding tert-OH is 1. The van der Waals surface area contributed by atoms with E-state index in [1.165, 1.54) is 12.1 Å². The van der Waals surface area contributed by atoms with Crippen molar-refractivity contribution in [3.8, 4) is 0 Å². The molecule has 0 heterocycles. The Morgan fingerprint density at radius 3 is 2.53 bits per heavy atom. The average molecular weight is 323 g/mol. The molecule has 0 spiro atoms. The SMILES string of the molecule is Cc1ccc(F)cc1CC(O)c1ccc(Br)cc1C. The van der Waals surface area contributed by atoms with Gasteiger partial charge in [0.2, 0.25) is 0 Å². The predicted octanol–water partition coefficient (Wildman–Crippen LogP) is 4.48. The Bertz CT molecular complexity index is 595. The van der Waals surface area contributed by atoms with Crippen LogP contribution >= 0.6 is 15.9 Å². The van der Waals surface area contributed by atoms with Crippen molar-refractivity contribution in [2.45, 2.75) is 26.4 Å². The summed E-state index contributed by atoms with van der Waals surface area (Å²) in [4.78, 5) is 0. The molecule has 0 aliphatic heterocycles. The number of halogens is 2. The average Bonchev–Trinajstić information content (AvgIpc) is 2.33. The molecule has 0 saturated heterocycles. The molecule has 0 aliphatic rings. The number of hydrogen-bond donors (Lipinski definition) is 1. The van der Waals surface area contributed by atoms with Gasteiger partial charge in [0.25, 0.3) is 0 Å². The van der Waals surface area contributed by atoms with Crippen LogP contribution in [-0.4, -0.2) is 5.11 Å². The fraction of sp³-hybridized carbons (Fsp3) is 0.250. The van der Waals surface area contributed by atoms with Gasteiger partial charge in [0, 0.05) is 10.9 Å². The molecule has 2 aromatic carbocycles. The topological polar surface area (TPSA) is 20.2 Å². The first-order chi connectivity index (χ1) is 8.97. The molecule has 1 N–H and O–H groups in total. The van der Waals surface area contributed by atoms with Crippen molar-refractivity contribution in [1.29, 1.82) is 0 Å². The normalized spacial score (nSPS) is 12.5. The van der Waals surface area contributed by atoms with E-state index in [0.29, 0.717) is 6.42 Å². The molecule has 0 amide bonds. The van der Waals surface area contributed by atoms with Crippen molar-refractivity contribution in [1.82, 2.24) is 0 Å². The first kappa shape index (κ1) is 14.2. The second-order valence-electron chi connectivity index (χ2n) is 4.79. The van der Waals surface area contributed by atoms with Gasteiger partial charge in [-0.3, -0.25) is 0 Å². The highest BCUT2D eigenvalue weighted by atomic mass is 79.9. The lowest BCUT2D eigenvalue weighted by Gasteiger charge is -2.15. The summed E-state index contributed by atoms with van der Waals surface area (Å²) in [5.74, 6) is -0.264. The molecule has 2 aromatic rings. The van der Waals surface area contributed by atoms with E-state index in [0.717, 1.165) is 26.7 Å². The highest BCUT2D eigenvalue weighted by Gasteiger charge is 2.13. The molecular formula is C16H16BrFO. The zero-order valence-corrected chi connectivity index (χ0v) is 12.5. The zero-order valence-electron chi connectivity index (χ0n) is 11.0. The van der Waals surface area contributed by atoms with Crippen molar-refractivity contribution in [3.05, 3.63) is 68.9 Å².